The molecular formula is C11H13FN5O4P. The zero-order chi connectivity index (χ0) is 15.9. The van der Waals surface area contributed by atoms with Crippen LogP contribution >= 0.6 is 7.60 Å². The summed E-state index contributed by atoms with van der Waals surface area (Å²) in [5.74, 6) is -0.358. The minimum Gasteiger partial charge on any atom is -0.382 e. The van der Waals surface area contributed by atoms with Crippen LogP contribution < -0.4 is 5.73 Å². The van der Waals surface area contributed by atoms with Gasteiger partial charge in [0, 0.05) is 6.42 Å². The Morgan fingerprint density at radius 2 is 2.23 bits per heavy atom. The highest BCUT2D eigenvalue weighted by Gasteiger charge is 2.31. The number of hydrogen-bond donors (Lipinski definition) is 3. The fourth-order valence-electron chi connectivity index (χ4n) is 2.33. The molecule has 2 heterocycles. The second-order valence-corrected chi connectivity index (χ2v) is 6.47. The van der Waals surface area contributed by atoms with Crippen LogP contribution in [0.2, 0.25) is 0 Å². The van der Waals surface area contributed by atoms with Gasteiger partial charge in [0.15, 0.2) is 11.5 Å². The van der Waals surface area contributed by atoms with Gasteiger partial charge in [-0.3, -0.25) is 4.57 Å². The zero-order valence-corrected chi connectivity index (χ0v) is 12.1. The van der Waals surface area contributed by atoms with Crippen LogP contribution in [0.25, 0.3) is 11.2 Å². The predicted molar refractivity (Wildman–Crippen MR) is 74.4 cm³/mol. The average Bonchev–Trinajstić information content (AvgIpc) is 3.00. The van der Waals surface area contributed by atoms with Crippen molar-refractivity contribution in [2.75, 3.05) is 12.1 Å². The summed E-state index contributed by atoms with van der Waals surface area (Å²) < 4.78 is 31.2. The summed E-state index contributed by atoms with van der Waals surface area (Å²) >= 11 is 0. The lowest BCUT2D eigenvalue weighted by Gasteiger charge is -2.15. The number of nitrogens with two attached hydrogens (primary N) is 1. The summed E-state index contributed by atoms with van der Waals surface area (Å²) in [4.78, 5) is 29.6. The van der Waals surface area contributed by atoms with Gasteiger partial charge in [-0.15, -0.1) is 0 Å². The van der Waals surface area contributed by atoms with Gasteiger partial charge in [-0.05, 0) is 6.08 Å². The van der Waals surface area contributed by atoms with E-state index in [1.54, 1.807) is 4.57 Å². The molecule has 3 rings (SSSR count). The number of fused-ring (bicyclic) bond motifs is 1. The third kappa shape index (κ3) is 2.86. The largest absolute Gasteiger partial charge is 0.382 e. The summed E-state index contributed by atoms with van der Waals surface area (Å²) in [5.41, 5.74) is 6.56. The molecule has 2 unspecified atom stereocenters. The quantitative estimate of drug-likeness (QED) is 0.698. The lowest BCUT2D eigenvalue weighted by Crippen LogP contribution is -2.14. The van der Waals surface area contributed by atoms with Crippen molar-refractivity contribution < 1.29 is 23.5 Å². The first-order chi connectivity index (χ1) is 10.3. The molecule has 2 aromatic heterocycles. The van der Waals surface area contributed by atoms with Gasteiger partial charge in [-0.2, -0.15) is 0 Å². The highest BCUT2D eigenvalue weighted by molar-refractivity contribution is 7.51. The van der Waals surface area contributed by atoms with Crippen LogP contribution in [0, 0.1) is 0 Å². The normalized spacial score (nSPS) is 22.2. The SMILES string of the molecule is Nc1ncnc2c1ncn2C1C=C(F)C(OCP(=O)(O)O)C1. The molecule has 0 amide bonds. The van der Waals surface area contributed by atoms with Crippen molar-refractivity contribution in [1.29, 1.82) is 0 Å². The summed E-state index contributed by atoms with van der Waals surface area (Å²) in [6, 6.07) is -0.430. The smallest absolute Gasteiger partial charge is 0.351 e. The van der Waals surface area contributed by atoms with E-state index in [1.807, 2.05) is 0 Å². The Balaban J connectivity index is 1.82. The van der Waals surface area contributed by atoms with Gasteiger partial charge in [0.1, 0.15) is 30.1 Å². The van der Waals surface area contributed by atoms with Crippen molar-refractivity contribution >= 4 is 24.6 Å². The molecule has 0 spiro atoms. The van der Waals surface area contributed by atoms with E-state index in [2.05, 4.69) is 15.0 Å². The maximum Gasteiger partial charge on any atom is 0.351 e. The van der Waals surface area contributed by atoms with Crippen molar-refractivity contribution in [1.82, 2.24) is 19.5 Å². The molecule has 22 heavy (non-hydrogen) atoms. The molecule has 0 bridgehead atoms. The Morgan fingerprint density at radius 3 is 2.95 bits per heavy atom. The first-order valence-corrected chi connectivity index (χ1v) is 8.11. The molecular weight excluding hydrogens is 316 g/mol. The van der Waals surface area contributed by atoms with Gasteiger partial charge in [-0.25, -0.2) is 19.3 Å². The molecule has 1 aliphatic rings. The molecule has 0 saturated heterocycles. The summed E-state index contributed by atoms with van der Waals surface area (Å²) in [5, 5.41) is 0. The molecule has 9 nitrogen and oxygen atoms in total. The molecule has 1 aliphatic carbocycles. The minimum absolute atomic E-state index is 0.182. The second-order valence-electron chi connectivity index (χ2n) is 4.89. The van der Waals surface area contributed by atoms with E-state index in [0.717, 1.165) is 0 Å². The van der Waals surface area contributed by atoms with E-state index >= 15 is 0 Å². The van der Waals surface area contributed by atoms with Crippen LogP contribution in [0.4, 0.5) is 10.2 Å². The van der Waals surface area contributed by atoms with Gasteiger partial charge >= 0.3 is 7.60 Å². The Hall–Kier alpha value is -1.87. The number of imidazole rings is 1. The van der Waals surface area contributed by atoms with E-state index in [-0.39, 0.29) is 12.2 Å². The first-order valence-electron chi connectivity index (χ1n) is 6.31. The van der Waals surface area contributed by atoms with Gasteiger partial charge < -0.3 is 24.8 Å². The summed E-state index contributed by atoms with van der Waals surface area (Å²) in [6.45, 7) is 0. The molecule has 0 saturated carbocycles. The van der Waals surface area contributed by atoms with E-state index < -0.39 is 31.9 Å². The number of aromatic nitrogens is 4. The van der Waals surface area contributed by atoms with Crippen LogP contribution in [-0.2, 0) is 9.30 Å². The van der Waals surface area contributed by atoms with Crippen LogP contribution in [0.15, 0.2) is 24.6 Å². The molecule has 2 aromatic rings. The molecule has 4 N–H and O–H groups in total. The lowest BCUT2D eigenvalue weighted by atomic mass is 10.2. The van der Waals surface area contributed by atoms with Crippen molar-refractivity contribution in [3.63, 3.8) is 0 Å². The standard InChI is InChI=1S/C11H13FN5O4P/c12-7-1-6(2-8(7)21-5-22(18,19)20)17-4-16-9-10(13)14-3-15-11(9)17/h1,3-4,6,8H,2,5H2,(H2,13,14,15)(H2,18,19,20). The molecule has 118 valence electrons. The maximum absolute atomic E-state index is 13.9. The van der Waals surface area contributed by atoms with E-state index in [9.17, 15) is 8.96 Å². The monoisotopic (exact) mass is 329 g/mol. The van der Waals surface area contributed by atoms with Gasteiger partial charge in [0.05, 0.1) is 12.4 Å². The van der Waals surface area contributed by atoms with Crippen LogP contribution in [0.3, 0.4) is 0 Å². The molecule has 2 atom stereocenters. The third-order valence-corrected chi connectivity index (χ3v) is 3.79. The second kappa shape index (κ2) is 5.40. The highest BCUT2D eigenvalue weighted by atomic mass is 31.2. The number of nitrogen functional groups attached to an aromatic ring is 1. The van der Waals surface area contributed by atoms with E-state index in [1.165, 1.54) is 18.7 Å². The molecule has 11 heteroatoms. The van der Waals surface area contributed by atoms with Crippen LogP contribution in [0.1, 0.15) is 12.5 Å². The first kappa shape index (κ1) is 15.0. The molecule has 0 aromatic carbocycles. The highest BCUT2D eigenvalue weighted by Crippen LogP contribution is 2.39. The number of allylic oxidation sites excluding steroid dienone is 1. The van der Waals surface area contributed by atoms with Gasteiger partial charge in [0.2, 0.25) is 0 Å². The van der Waals surface area contributed by atoms with E-state index in [0.29, 0.717) is 11.2 Å². The molecule has 0 aliphatic heterocycles. The van der Waals surface area contributed by atoms with E-state index in [4.69, 9.17) is 20.3 Å². The maximum atomic E-state index is 13.9. The molecule has 0 radical (unpaired) electrons. The van der Waals surface area contributed by atoms with Crippen molar-refractivity contribution in [2.24, 2.45) is 0 Å². The molecule has 0 fully saturated rings. The number of rotatable bonds is 4. The van der Waals surface area contributed by atoms with Gasteiger partial charge in [0.25, 0.3) is 0 Å². The Morgan fingerprint density at radius 1 is 1.45 bits per heavy atom. The predicted octanol–water partition coefficient (Wildman–Crippen LogP) is 0.727. The lowest BCUT2D eigenvalue weighted by molar-refractivity contribution is 0.0816. The number of nitrogens with zero attached hydrogens (tertiary/aromatic N) is 4. The zero-order valence-electron chi connectivity index (χ0n) is 11.2. The fraction of sp³-hybridized carbons (Fsp3) is 0.364. The Bertz CT molecular complexity index is 788. The minimum atomic E-state index is -4.34. The number of anilines is 1. The third-order valence-electron chi connectivity index (χ3n) is 3.30. The van der Waals surface area contributed by atoms with Crippen molar-refractivity contribution in [2.45, 2.75) is 18.6 Å². The summed E-state index contributed by atoms with van der Waals surface area (Å²) in [7, 11) is -4.34. The average molecular weight is 329 g/mol. The van der Waals surface area contributed by atoms with Crippen molar-refractivity contribution in [3.8, 4) is 0 Å². The number of ether oxygens (including phenoxy) is 1. The fourth-order valence-corrected chi connectivity index (χ4v) is 2.71. The van der Waals surface area contributed by atoms with Gasteiger partial charge in [-0.1, -0.05) is 0 Å². The topological polar surface area (TPSA) is 136 Å². The number of hydrogen-bond acceptors (Lipinski definition) is 6. The summed E-state index contributed by atoms with van der Waals surface area (Å²) in [6.07, 6.45) is 2.41. The Labute approximate surface area is 123 Å². The Kier molecular flexibility index (Phi) is 3.69. The van der Waals surface area contributed by atoms with Crippen LogP contribution in [0.5, 0.6) is 0 Å². The van der Waals surface area contributed by atoms with Crippen molar-refractivity contribution in [3.05, 3.63) is 24.6 Å². The van der Waals surface area contributed by atoms with Crippen LogP contribution in [-0.4, -0.2) is 41.8 Å². The number of halogens is 1.